The topological polar surface area (TPSA) is 90.0 Å². The summed E-state index contributed by atoms with van der Waals surface area (Å²) in [5.74, 6) is -0.116. The number of hydrogen-bond donors (Lipinski definition) is 1. The molecular weight excluding hydrogens is 398 g/mol. The summed E-state index contributed by atoms with van der Waals surface area (Å²) in [5.41, 5.74) is 0.869. The summed E-state index contributed by atoms with van der Waals surface area (Å²) in [6, 6.07) is 9.08. The molecule has 1 N–H and O–H groups in total. The van der Waals surface area contributed by atoms with Crippen molar-refractivity contribution >= 4 is 17.5 Å². The fourth-order valence-corrected chi connectivity index (χ4v) is 5.07. The second-order valence-corrected chi connectivity index (χ2v) is 8.30. The zero-order valence-corrected chi connectivity index (χ0v) is 16.7. The van der Waals surface area contributed by atoms with Gasteiger partial charge in [-0.1, -0.05) is 12.2 Å². The number of aromatic nitrogens is 1. The highest BCUT2D eigenvalue weighted by atomic mass is 16.6. The summed E-state index contributed by atoms with van der Waals surface area (Å²) in [4.78, 5) is 32.4. The number of hydrogen-bond acceptors (Lipinski definition) is 6. The van der Waals surface area contributed by atoms with Crippen LogP contribution in [0.4, 0.5) is 5.69 Å². The smallest absolute Gasteiger partial charge is 0.231 e. The van der Waals surface area contributed by atoms with Crippen LogP contribution in [0, 0.1) is 11.8 Å². The first-order valence-electron chi connectivity index (χ1n) is 10.4. The van der Waals surface area contributed by atoms with Crippen molar-refractivity contribution in [2.24, 2.45) is 11.8 Å². The van der Waals surface area contributed by atoms with Gasteiger partial charge in [-0.05, 0) is 29.8 Å². The number of rotatable bonds is 4. The first-order chi connectivity index (χ1) is 15.1. The molecule has 0 unspecified atom stereocenters. The number of fused-ring (bicyclic) bond motifs is 2. The Morgan fingerprint density at radius 2 is 1.97 bits per heavy atom. The highest BCUT2D eigenvalue weighted by Crippen LogP contribution is 2.52. The Morgan fingerprint density at radius 3 is 2.81 bits per heavy atom. The van der Waals surface area contributed by atoms with Crippen LogP contribution in [-0.2, 0) is 20.9 Å². The first kappa shape index (κ1) is 18.4. The summed E-state index contributed by atoms with van der Waals surface area (Å²) >= 11 is 0. The molecule has 4 aliphatic heterocycles. The van der Waals surface area contributed by atoms with Crippen LogP contribution in [0.5, 0.6) is 11.5 Å². The van der Waals surface area contributed by atoms with Crippen molar-refractivity contribution in [2.75, 3.05) is 25.1 Å². The van der Waals surface area contributed by atoms with Crippen LogP contribution < -0.4 is 14.8 Å². The molecule has 1 spiro atoms. The van der Waals surface area contributed by atoms with Gasteiger partial charge in [-0.25, -0.2) is 0 Å². The Balaban J connectivity index is 1.23. The minimum absolute atomic E-state index is 0.0500. The lowest BCUT2D eigenvalue weighted by Crippen LogP contribution is -2.41. The highest BCUT2D eigenvalue weighted by molar-refractivity contribution is 5.99. The largest absolute Gasteiger partial charge is 0.486 e. The van der Waals surface area contributed by atoms with Crippen molar-refractivity contribution < 1.29 is 23.8 Å². The molecule has 2 bridgehead atoms. The van der Waals surface area contributed by atoms with Crippen molar-refractivity contribution in [1.29, 1.82) is 0 Å². The lowest BCUT2D eigenvalue weighted by atomic mass is 9.77. The van der Waals surface area contributed by atoms with Gasteiger partial charge < -0.3 is 24.4 Å². The van der Waals surface area contributed by atoms with E-state index in [9.17, 15) is 9.59 Å². The van der Waals surface area contributed by atoms with Gasteiger partial charge in [0.1, 0.15) is 18.8 Å². The van der Waals surface area contributed by atoms with Gasteiger partial charge in [-0.3, -0.25) is 14.6 Å². The van der Waals surface area contributed by atoms with Crippen LogP contribution in [0.1, 0.15) is 5.56 Å². The number of benzene rings is 1. The number of anilines is 1. The van der Waals surface area contributed by atoms with Gasteiger partial charge in [0.2, 0.25) is 11.8 Å². The van der Waals surface area contributed by atoms with Gasteiger partial charge in [0, 0.05) is 30.7 Å². The number of amides is 2. The highest BCUT2D eigenvalue weighted by Gasteiger charge is 2.66. The summed E-state index contributed by atoms with van der Waals surface area (Å²) in [7, 11) is 0. The van der Waals surface area contributed by atoms with Crippen molar-refractivity contribution in [2.45, 2.75) is 18.2 Å². The van der Waals surface area contributed by atoms with E-state index in [2.05, 4.69) is 10.3 Å². The molecule has 4 atom stereocenters. The van der Waals surface area contributed by atoms with Crippen LogP contribution in [0.25, 0.3) is 0 Å². The summed E-state index contributed by atoms with van der Waals surface area (Å²) in [5, 5.41) is 2.95. The molecule has 0 saturated carbocycles. The van der Waals surface area contributed by atoms with Gasteiger partial charge in [0.15, 0.2) is 11.5 Å². The standard InChI is InChI=1S/C23H21N3O5/c27-21(25-15-1-2-16-18(11-15)30-10-9-29-16)19-17-3-6-23(31-17)13-26(22(28)20(19)23)12-14-4-7-24-8-5-14/h1-8,11,17,19-20H,9-10,12-13H2,(H,25,27)/t17-,19-,20-,23-/m0/s1. The van der Waals surface area contributed by atoms with Crippen molar-refractivity contribution in [1.82, 2.24) is 9.88 Å². The lowest BCUT2D eigenvalue weighted by Gasteiger charge is -2.24. The normalized spacial score (nSPS) is 29.9. The fourth-order valence-electron chi connectivity index (χ4n) is 5.07. The van der Waals surface area contributed by atoms with Gasteiger partial charge in [0.05, 0.1) is 24.5 Å². The molecule has 2 aromatic rings. The maximum Gasteiger partial charge on any atom is 0.231 e. The van der Waals surface area contributed by atoms with E-state index < -0.39 is 23.5 Å². The van der Waals surface area contributed by atoms with Crippen molar-refractivity contribution in [3.8, 4) is 11.5 Å². The average molecular weight is 419 g/mol. The van der Waals surface area contributed by atoms with Gasteiger partial charge in [-0.15, -0.1) is 0 Å². The zero-order chi connectivity index (χ0) is 21.0. The monoisotopic (exact) mass is 419 g/mol. The number of likely N-dealkylation sites (tertiary alicyclic amines) is 1. The Kier molecular flexibility index (Phi) is 4.04. The van der Waals surface area contributed by atoms with Crippen molar-refractivity contribution in [3.05, 3.63) is 60.4 Å². The van der Waals surface area contributed by atoms with E-state index in [0.29, 0.717) is 43.5 Å². The van der Waals surface area contributed by atoms with Gasteiger partial charge in [-0.2, -0.15) is 0 Å². The molecule has 0 radical (unpaired) electrons. The average Bonchev–Trinajstić information content (AvgIpc) is 3.43. The van der Waals surface area contributed by atoms with E-state index in [-0.39, 0.29) is 11.8 Å². The predicted octanol–water partition coefficient (Wildman–Crippen LogP) is 1.77. The number of carbonyl (C=O) groups is 2. The molecule has 31 heavy (non-hydrogen) atoms. The van der Waals surface area contributed by atoms with Gasteiger partial charge >= 0.3 is 0 Å². The summed E-state index contributed by atoms with van der Waals surface area (Å²) in [6.07, 6.45) is 6.89. The van der Waals surface area contributed by atoms with E-state index in [1.165, 1.54) is 0 Å². The van der Waals surface area contributed by atoms with E-state index >= 15 is 0 Å². The number of carbonyl (C=O) groups excluding carboxylic acids is 2. The molecule has 0 aliphatic carbocycles. The Bertz CT molecular complexity index is 1090. The second-order valence-electron chi connectivity index (χ2n) is 8.30. The van der Waals surface area contributed by atoms with E-state index in [4.69, 9.17) is 14.2 Å². The Labute approximate surface area is 178 Å². The molecule has 2 fully saturated rings. The van der Waals surface area contributed by atoms with Crippen LogP contribution >= 0.6 is 0 Å². The third-order valence-electron chi connectivity index (χ3n) is 6.41. The van der Waals surface area contributed by atoms with Crippen molar-refractivity contribution in [3.63, 3.8) is 0 Å². The third kappa shape index (κ3) is 2.90. The van der Waals surface area contributed by atoms with E-state index in [1.54, 1.807) is 35.5 Å². The molecule has 1 aromatic heterocycles. The molecule has 158 valence electrons. The first-order valence-corrected chi connectivity index (χ1v) is 10.4. The molecule has 8 heteroatoms. The van der Waals surface area contributed by atoms with Crippen LogP contribution in [-0.4, -0.2) is 53.2 Å². The minimum Gasteiger partial charge on any atom is -0.486 e. The molecule has 8 nitrogen and oxygen atoms in total. The predicted molar refractivity (Wildman–Crippen MR) is 109 cm³/mol. The zero-order valence-electron chi connectivity index (χ0n) is 16.7. The number of nitrogens with zero attached hydrogens (tertiary/aromatic N) is 2. The van der Waals surface area contributed by atoms with E-state index in [1.807, 2.05) is 24.3 Å². The summed E-state index contributed by atoms with van der Waals surface area (Å²) in [6.45, 7) is 1.89. The third-order valence-corrected chi connectivity index (χ3v) is 6.41. The maximum atomic E-state index is 13.3. The van der Waals surface area contributed by atoms with Crippen LogP contribution in [0.15, 0.2) is 54.9 Å². The summed E-state index contributed by atoms with van der Waals surface area (Å²) < 4.78 is 17.3. The number of pyridine rings is 1. The lowest BCUT2D eigenvalue weighted by molar-refractivity contribution is -0.136. The van der Waals surface area contributed by atoms with Crippen LogP contribution in [0.2, 0.25) is 0 Å². The Hall–Kier alpha value is -3.39. The minimum atomic E-state index is -0.733. The molecule has 2 amide bonds. The number of nitrogens with one attached hydrogen (secondary N) is 1. The van der Waals surface area contributed by atoms with Crippen LogP contribution in [0.3, 0.4) is 0 Å². The molecule has 4 aliphatic rings. The quantitative estimate of drug-likeness (QED) is 0.760. The SMILES string of the molecule is O=C(Nc1ccc2c(c1)OCCO2)[C@H]1[C@@H]2C=C[C@@]3(CN(Cc4ccncc4)C(=O)[C@H]13)O2. The maximum absolute atomic E-state index is 13.3. The number of ether oxygens (including phenoxy) is 3. The van der Waals surface area contributed by atoms with Gasteiger partial charge in [0.25, 0.3) is 0 Å². The molecule has 6 rings (SSSR count). The molecular formula is C23H21N3O5. The second kappa shape index (κ2) is 6.81. The molecule has 1 aromatic carbocycles. The fraction of sp³-hybridized carbons (Fsp3) is 0.348. The van der Waals surface area contributed by atoms with E-state index in [0.717, 1.165) is 5.56 Å². The Morgan fingerprint density at radius 1 is 1.16 bits per heavy atom. The molecule has 5 heterocycles. The molecule has 2 saturated heterocycles.